The average Bonchev–Trinajstić information content (AvgIpc) is 2.74. The van der Waals surface area contributed by atoms with Crippen LogP contribution in [0.2, 0.25) is 0 Å². The minimum absolute atomic E-state index is 0.0546. The molecule has 1 heterocycles. The van der Waals surface area contributed by atoms with Crippen molar-refractivity contribution in [3.63, 3.8) is 0 Å². The van der Waals surface area contributed by atoms with Gasteiger partial charge in [-0.1, -0.05) is 18.2 Å². The van der Waals surface area contributed by atoms with Crippen molar-refractivity contribution in [2.45, 2.75) is 33.2 Å². The van der Waals surface area contributed by atoms with Gasteiger partial charge in [0, 0.05) is 29.2 Å². The maximum Gasteiger partial charge on any atom is 0.305 e. The smallest absolute Gasteiger partial charge is 0.305 e. The highest BCUT2D eigenvalue weighted by atomic mass is 16.4. The molecule has 0 spiro atoms. The average molecular weight is 288 g/mol. The fourth-order valence-electron chi connectivity index (χ4n) is 2.71. The zero-order valence-electron chi connectivity index (χ0n) is 12.5. The van der Waals surface area contributed by atoms with Gasteiger partial charge in [0.05, 0.1) is 12.0 Å². The monoisotopic (exact) mass is 288 g/mol. The molecule has 0 bridgehead atoms. The van der Waals surface area contributed by atoms with Crippen LogP contribution in [0, 0.1) is 6.92 Å². The van der Waals surface area contributed by atoms with Crippen LogP contribution in [0.3, 0.4) is 0 Å². The second kappa shape index (κ2) is 5.99. The third-order valence-electron chi connectivity index (χ3n) is 3.71. The summed E-state index contributed by atoms with van der Waals surface area (Å²) in [5.41, 5.74) is 2.35. The van der Waals surface area contributed by atoms with E-state index in [1.54, 1.807) is 11.8 Å². The Kier molecular flexibility index (Phi) is 4.31. The second-order valence-electron chi connectivity index (χ2n) is 5.21. The summed E-state index contributed by atoms with van der Waals surface area (Å²) in [7, 11) is 0. The summed E-state index contributed by atoms with van der Waals surface area (Å²) in [5.74, 6) is -1.02. The van der Waals surface area contributed by atoms with Gasteiger partial charge in [-0.05, 0) is 26.8 Å². The van der Waals surface area contributed by atoms with E-state index in [1.165, 1.54) is 0 Å². The molecule has 5 nitrogen and oxygen atoms in total. The van der Waals surface area contributed by atoms with Crippen LogP contribution >= 0.6 is 0 Å². The SMILES string of the molecule is CCN(C(=O)c1c(C)[nH]c2ccccc12)C(C)CC(=O)O. The topological polar surface area (TPSA) is 73.4 Å². The Hall–Kier alpha value is -2.30. The zero-order valence-corrected chi connectivity index (χ0v) is 12.5. The lowest BCUT2D eigenvalue weighted by atomic mass is 10.1. The summed E-state index contributed by atoms with van der Waals surface area (Å²) < 4.78 is 0. The number of carboxylic acids is 1. The van der Waals surface area contributed by atoms with Gasteiger partial charge in [-0.3, -0.25) is 9.59 Å². The van der Waals surface area contributed by atoms with Crippen LogP contribution < -0.4 is 0 Å². The van der Waals surface area contributed by atoms with Gasteiger partial charge in [0.15, 0.2) is 0 Å². The number of carboxylic acid groups (broad SMARTS) is 1. The number of hydrogen-bond donors (Lipinski definition) is 2. The quantitative estimate of drug-likeness (QED) is 0.888. The van der Waals surface area contributed by atoms with Crippen LogP contribution in [0.1, 0.15) is 36.3 Å². The number of nitrogens with one attached hydrogen (secondary N) is 1. The number of hydrogen-bond acceptors (Lipinski definition) is 2. The Morgan fingerprint density at radius 3 is 2.62 bits per heavy atom. The van der Waals surface area contributed by atoms with E-state index in [1.807, 2.05) is 38.1 Å². The molecule has 5 heteroatoms. The van der Waals surface area contributed by atoms with Gasteiger partial charge in [0.1, 0.15) is 0 Å². The van der Waals surface area contributed by atoms with Crippen LogP contribution in [0.4, 0.5) is 0 Å². The Labute approximate surface area is 123 Å². The van der Waals surface area contributed by atoms with Crippen molar-refractivity contribution >= 4 is 22.8 Å². The first-order valence-electron chi connectivity index (χ1n) is 7.05. The Balaban J connectivity index is 2.40. The van der Waals surface area contributed by atoms with E-state index < -0.39 is 5.97 Å². The number of amides is 1. The van der Waals surface area contributed by atoms with Crippen molar-refractivity contribution in [3.8, 4) is 0 Å². The molecule has 112 valence electrons. The molecule has 2 rings (SSSR count). The fraction of sp³-hybridized carbons (Fsp3) is 0.375. The van der Waals surface area contributed by atoms with Gasteiger partial charge in [0.25, 0.3) is 5.91 Å². The number of aliphatic carboxylic acids is 1. The molecule has 1 atom stereocenters. The molecular weight excluding hydrogens is 268 g/mol. The maximum atomic E-state index is 12.8. The Bertz CT molecular complexity index is 675. The number of benzene rings is 1. The van der Waals surface area contributed by atoms with Crippen LogP contribution in [0.5, 0.6) is 0 Å². The predicted molar refractivity (Wildman–Crippen MR) is 81.5 cm³/mol. The lowest BCUT2D eigenvalue weighted by Crippen LogP contribution is -2.39. The normalized spacial score (nSPS) is 12.3. The van der Waals surface area contributed by atoms with Crippen molar-refractivity contribution in [2.75, 3.05) is 6.54 Å². The van der Waals surface area contributed by atoms with Crippen LogP contribution in [-0.2, 0) is 4.79 Å². The van der Waals surface area contributed by atoms with Gasteiger partial charge in [-0.15, -0.1) is 0 Å². The molecule has 1 unspecified atom stereocenters. The summed E-state index contributed by atoms with van der Waals surface area (Å²) in [5, 5.41) is 9.80. The van der Waals surface area contributed by atoms with Crippen LogP contribution in [-0.4, -0.2) is 39.5 Å². The molecule has 1 amide bonds. The lowest BCUT2D eigenvalue weighted by molar-refractivity contribution is -0.138. The first kappa shape index (κ1) is 15.1. The molecule has 1 aromatic carbocycles. The number of aromatic amines is 1. The van der Waals surface area contributed by atoms with E-state index in [9.17, 15) is 9.59 Å². The number of H-pyrrole nitrogens is 1. The minimum Gasteiger partial charge on any atom is -0.481 e. The van der Waals surface area contributed by atoms with Crippen molar-refractivity contribution in [3.05, 3.63) is 35.5 Å². The molecule has 0 aliphatic rings. The lowest BCUT2D eigenvalue weighted by Gasteiger charge is -2.27. The summed E-state index contributed by atoms with van der Waals surface area (Å²) in [6.07, 6.45) is -0.0546. The highest BCUT2D eigenvalue weighted by molar-refractivity contribution is 6.08. The summed E-state index contributed by atoms with van der Waals surface area (Å²) in [6, 6.07) is 7.30. The number of aromatic nitrogens is 1. The van der Waals surface area contributed by atoms with E-state index in [2.05, 4.69) is 4.98 Å². The molecule has 1 aromatic heterocycles. The minimum atomic E-state index is -0.899. The first-order chi connectivity index (χ1) is 9.95. The standard InChI is InChI=1S/C16H20N2O3/c1-4-18(10(2)9-14(19)20)16(21)15-11(3)17-13-8-6-5-7-12(13)15/h5-8,10,17H,4,9H2,1-3H3,(H,19,20). The molecular formula is C16H20N2O3. The van der Waals surface area contributed by atoms with E-state index in [0.717, 1.165) is 16.6 Å². The van der Waals surface area contributed by atoms with Crippen molar-refractivity contribution in [1.29, 1.82) is 0 Å². The fourth-order valence-corrected chi connectivity index (χ4v) is 2.71. The van der Waals surface area contributed by atoms with Gasteiger partial charge in [-0.2, -0.15) is 0 Å². The van der Waals surface area contributed by atoms with Crippen LogP contribution in [0.15, 0.2) is 24.3 Å². The van der Waals surface area contributed by atoms with E-state index in [4.69, 9.17) is 5.11 Å². The predicted octanol–water partition coefficient (Wildman–Crippen LogP) is 2.80. The number of nitrogens with zero attached hydrogens (tertiary/aromatic N) is 1. The number of rotatable bonds is 5. The number of carbonyl (C=O) groups is 2. The molecule has 2 N–H and O–H groups in total. The van der Waals surface area contributed by atoms with E-state index in [-0.39, 0.29) is 18.4 Å². The Morgan fingerprint density at radius 2 is 2.00 bits per heavy atom. The van der Waals surface area contributed by atoms with Gasteiger partial charge in [-0.25, -0.2) is 0 Å². The van der Waals surface area contributed by atoms with Crippen LogP contribution in [0.25, 0.3) is 10.9 Å². The third-order valence-corrected chi connectivity index (χ3v) is 3.71. The first-order valence-corrected chi connectivity index (χ1v) is 7.05. The third kappa shape index (κ3) is 2.91. The molecule has 0 fully saturated rings. The maximum absolute atomic E-state index is 12.8. The molecule has 21 heavy (non-hydrogen) atoms. The van der Waals surface area contributed by atoms with E-state index >= 15 is 0 Å². The highest BCUT2D eigenvalue weighted by Gasteiger charge is 2.25. The van der Waals surface area contributed by atoms with Gasteiger partial charge >= 0.3 is 5.97 Å². The summed E-state index contributed by atoms with van der Waals surface area (Å²) in [6.45, 7) is 5.97. The number of aryl methyl sites for hydroxylation is 1. The van der Waals surface area contributed by atoms with Crippen molar-refractivity contribution < 1.29 is 14.7 Å². The largest absolute Gasteiger partial charge is 0.481 e. The van der Waals surface area contributed by atoms with E-state index in [0.29, 0.717) is 12.1 Å². The highest BCUT2D eigenvalue weighted by Crippen LogP contribution is 2.24. The molecule has 0 aliphatic heterocycles. The summed E-state index contributed by atoms with van der Waals surface area (Å²) in [4.78, 5) is 28.5. The Morgan fingerprint density at radius 1 is 1.33 bits per heavy atom. The molecule has 0 saturated carbocycles. The van der Waals surface area contributed by atoms with Crippen molar-refractivity contribution in [1.82, 2.24) is 9.88 Å². The number of carbonyl (C=O) groups excluding carboxylic acids is 1. The number of para-hydroxylation sites is 1. The molecule has 2 aromatic rings. The van der Waals surface area contributed by atoms with Gasteiger partial charge < -0.3 is 15.0 Å². The van der Waals surface area contributed by atoms with Gasteiger partial charge in [0.2, 0.25) is 0 Å². The van der Waals surface area contributed by atoms with Crippen molar-refractivity contribution in [2.24, 2.45) is 0 Å². The zero-order chi connectivity index (χ0) is 15.6. The molecule has 0 saturated heterocycles. The summed E-state index contributed by atoms with van der Waals surface area (Å²) >= 11 is 0. The molecule has 0 radical (unpaired) electrons. The number of fused-ring (bicyclic) bond motifs is 1. The second-order valence-corrected chi connectivity index (χ2v) is 5.21. The molecule has 0 aliphatic carbocycles.